The molecule has 5 rings (SSSR count). The third-order valence-electron chi connectivity index (χ3n) is 8.21. The van der Waals surface area contributed by atoms with Crippen molar-refractivity contribution in [2.45, 2.75) is 76.4 Å². The fourth-order valence-electron chi connectivity index (χ4n) is 5.87. The summed E-state index contributed by atoms with van der Waals surface area (Å²) in [5.41, 5.74) is 6.95. The van der Waals surface area contributed by atoms with Gasteiger partial charge in [0.05, 0.1) is 11.1 Å². The van der Waals surface area contributed by atoms with E-state index in [0.717, 1.165) is 65.5 Å². The molecule has 2 aliphatic rings. The van der Waals surface area contributed by atoms with E-state index >= 15 is 0 Å². The standard InChI is InChI=1S/C29H42N4O4Si/c1-19(37-14-15-38(4,5)6)33-18-20-8-7-9-21-22-16-25-23(17-24(22)30-27(21)26(20)32-33)29(10-12-35-2,11-13-36-3)28(34)31-25/h16-19,30H,7-15H2,1-6H3,(H,31,34). The molecular formula is C29H42N4O4Si. The maximum atomic E-state index is 13.3. The summed E-state index contributed by atoms with van der Waals surface area (Å²) in [7, 11) is 2.21. The highest BCUT2D eigenvalue weighted by Crippen LogP contribution is 2.46. The number of methoxy groups -OCH3 is 2. The monoisotopic (exact) mass is 538 g/mol. The molecular weight excluding hydrogens is 496 g/mol. The lowest BCUT2D eigenvalue weighted by Gasteiger charge is -2.27. The molecule has 0 saturated carbocycles. The third-order valence-corrected chi connectivity index (χ3v) is 9.91. The Balaban J connectivity index is 1.51. The Kier molecular flexibility index (Phi) is 7.56. The van der Waals surface area contributed by atoms with E-state index in [0.29, 0.717) is 26.1 Å². The zero-order valence-corrected chi connectivity index (χ0v) is 24.7. The van der Waals surface area contributed by atoms with Crippen molar-refractivity contribution in [3.63, 3.8) is 0 Å². The number of ether oxygens (including phenoxy) is 3. The highest BCUT2D eigenvalue weighted by Gasteiger charge is 2.46. The summed E-state index contributed by atoms with van der Waals surface area (Å²) in [6.07, 6.45) is 6.30. The number of fused-ring (bicyclic) bond motifs is 6. The lowest BCUT2D eigenvalue weighted by Crippen LogP contribution is -2.37. The predicted octanol–water partition coefficient (Wildman–Crippen LogP) is 5.66. The molecule has 38 heavy (non-hydrogen) atoms. The van der Waals surface area contributed by atoms with Crippen LogP contribution in [0, 0.1) is 0 Å². The molecule has 1 aliphatic carbocycles. The summed E-state index contributed by atoms with van der Waals surface area (Å²) in [5, 5.41) is 9.38. The van der Waals surface area contributed by atoms with E-state index in [-0.39, 0.29) is 12.1 Å². The van der Waals surface area contributed by atoms with E-state index in [9.17, 15) is 4.79 Å². The van der Waals surface area contributed by atoms with E-state index in [1.807, 2.05) is 4.68 Å². The molecule has 1 atom stereocenters. The average Bonchev–Trinajstić information content (AvgIpc) is 3.48. The first kappa shape index (κ1) is 27.1. The van der Waals surface area contributed by atoms with E-state index in [2.05, 4.69) is 55.2 Å². The van der Waals surface area contributed by atoms with E-state index < -0.39 is 13.5 Å². The van der Waals surface area contributed by atoms with Crippen LogP contribution in [0.4, 0.5) is 5.69 Å². The molecule has 2 aromatic heterocycles. The number of rotatable bonds is 11. The van der Waals surface area contributed by atoms with Crippen molar-refractivity contribution in [1.29, 1.82) is 0 Å². The number of carbonyl (C=O) groups excluding carboxylic acids is 1. The smallest absolute Gasteiger partial charge is 0.235 e. The minimum Gasteiger partial charge on any atom is -0.385 e. The number of H-pyrrole nitrogens is 1. The normalized spacial score (nSPS) is 17.2. The minimum absolute atomic E-state index is 0.0319. The molecule has 0 fully saturated rings. The molecule has 2 N–H and O–H groups in total. The van der Waals surface area contributed by atoms with Gasteiger partial charge in [-0.05, 0) is 73.9 Å². The topological polar surface area (TPSA) is 90.4 Å². The SMILES string of the molecule is COCCC1(CCOC)C(=O)Nc2cc3c4c([nH]c3cc21)-c1nn(C(C)OCC[Si](C)(C)C)cc1CCC4. The molecule has 8 nitrogen and oxygen atoms in total. The van der Waals surface area contributed by atoms with Gasteiger partial charge in [0.25, 0.3) is 0 Å². The van der Waals surface area contributed by atoms with Crippen LogP contribution in [0.25, 0.3) is 22.3 Å². The number of benzene rings is 1. The van der Waals surface area contributed by atoms with Gasteiger partial charge in [-0.2, -0.15) is 5.10 Å². The second kappa shape index (κ2) is 10.6. The van der Waals surface area contributed by atoms with Gasteiger partial charge in [0, 0.05) is 64.9 Å². The van der Waals surface area contributed by atoms with Gasteiger partial charge in [0.2, 0.25) is 5.91 Å². The van der Waals surface area contributed by atoms with Crippen LogP contribution in [0.3, 0.4) is 0 Å². The number of aryl methyl sites for hydroxylation is 2. The first-order valence-electron chi connectivity index (χ1n) is 13.9. The fraction of sp³-hybridized carbons (Fsp3) is 0.586. The number of anilines is 1. The highest BCUT2D eigenvalue weighted by atomic mass is 28.3. The van der Waals surface area contributed by atoms with Crippen LogP contribution in [0.15, 0.2) is 18.3 Å². The Labute approximate surface area is 226 Å². The Morgan fingerprint density at radius 1 is 1.11 bits per heavy atom. The highest BCUT2D eigenvalue weighted by molar-refractivity contribution is 6.76. The molecule has 1 aromatic carbocycles. The fourth-order valence-corrected chi connectivity index (χ4v) is 6.60. The number of hydrogen-bond donors (Lipinski definition) is 2. The molecule has 0 saturated heterocycles. The molecule has 0 bridgehead atoms. The van der Waals surface area contributed by atoms with Crippen molar-refractivity contribution in [1.82, 2.24) is 14.8 Å². The maximum Gasteiger partial charge on any atom is 0.235 e. The van der Waals surface area contributed by atoms with Crippen LogP contribution in [-0.2, 0) is 37.3 Å². The van der Waals surface area contributed by atoms with Gasteiger partial charge >= 0.3 is 0 Å². The summed E-state index contributed by atoms with van der Waals surface area (Å²) >= 11 is 0. The van der Waals surface area contributed by atoms with E-state index in [4.69, 9.17) is 19.3 Å². The zero-order chi connectivity index (χ0) is 27.1. The maximum absolute atomic E-state index is 13.3. The van der Waals surface area contributed by atoms with Gasteiger partial charge < -0.3 is 24.5 Å². The Morgan fingerprint density at radius 3 is 2.53 bits per heavy atom. The summed E-state index contributed by atoms with van der Waals surface area (Å²) in [4.78, 5) is 17.0. The lowest BCUT2D eigenvalue weighted by atomic mass is 9.76. The van der Waals surface area contributed by atoms with E-state index in [1.165, 1.54) is 11.1 Å². The van der Waals surface area contributed by atoms with Gasteiger partial charge in [-0.25, -0.2) is 4.68 Å². The average molecular weight is 539 g/mol. The van der Waals surface area contributed by atoms with Gasteiger partial charge in [0.15, 0.2) is 0 Å². The van der Waals surface area contributed by atoms with Crippen LogP contribution in [-0.4, -0.2) is 62.8 Å². The first-order valence-corrected chi connectivity index (χ1v) is 17.6. The number of hydrogen-bond acceptors (Lipinski definition) is 5. The van der Waals surface area contributed by atoms with Crippen LogP contribution in [0.5, 0.6) is 0 Å². The van der Waals surface area contributed by atoms with Crippen LogP contribution in [0.2, 0.25) is 25.7 Å². The van der Waals surface area contributed by atoms with Crippen LogP contribution in [0.1, 0.15) is 49.1 Å². The van der Waals surface area contributed by atoms with Crippen LogP contribution < -0.4 is 5.32 Å². The number of amides is 1. The van der Waals surface area contributed by atoms with Gasteiger partial charge in [-0.1, -0.05) is 19.6 Å². The number of nitrogens with zero attached hydrogens (tertiary/aromatic N) is 2. The number of carbonyl (C=O) groups is 1. The van der Waals surface area contributed by atoms with Gasteiger partial charge in [-0.15, -0.1) is 0 Å². The summed E-state index contributed by atoms with van der Waals surface area (Å²) < 4.78 is 18.9. The molecule has 1 unspecified atom stereocenters. The largest absolute Gasteiger partial charge is 0.385 e. The molecule has 9 heteroatoms. The first-order chi connectivity index (χ1) is 18.2. The summed E-state index contributed by atoms with van der Waals surface area (Å²) in [5.74, 6) is 0.0319. The predicted molar refractivity (Wildman–Crippen MR) is 154 cm³/mol. The van der Waals surface area contributed by atoms with Gasteiger partial charge in [0.1, 0.15) is 11.9 Å². The number of aromatic amines is 1. The minimum atomic E-state index is -1.15. The van der Waals surface area contributed by atoms with Gasteiger partial charge in [-0.3, -0.25) is 4.79 Å². The Hall–Kier alpha value is -2.46. The molecule has 3 heterocycles. The Morgan fingerprint density at radius 2 is 1.84 bits per heavy atom. The molecule has 0 radical (unpaired) electrons. The molecule has 3 aromatic rings. The quantitative estimate of drug-likeness (QED) is 0.308. The second-order valence-electron chi connectivity index (χ2n) is 12.1. The molecule has 0 spiro atoms. The zero-order valence-electron chi connectivity index (χ0n) is 23.7. The molecule has 206 valence electrons. The van der Waals surface area contributed by atoms with Crippen molar-refractivity contribution in [3.8, 4) is 11.4 Å². The molecule has 1 amide bonds. The van der Waals surface area contributed by atoms with Crippen molar-refractivity contribution in [2.75, 3.05) is 39.4 Å². The number of aromatic nitrogens is 3. The van der Waals surface area contributed by atoms with Crippen LogP contribution >= 0.6 is 0 Å². The number of nitrogens with one attached hydrogen (secondary N) is 2. The van der Waals surface area contributed by atoms with E-state index in [1.54, 1.807) is 14.2 Å². The summed E-state index contributed by atoms with van der Waals surface area (Å²) in [6, 6.07) is 5.46. The van der Waals surface area contributed by atoms with Crippen molar-refractivity contribution < 1.29 is 19.0 Å². The molecule has 1 aliphatic heterocycles. The van der Waals surface area contributed by atoms with Crippen molar-refractivity contribution in [3.05, 3.63) is 35.0 Å². The summed E-state index contributed by atoms with van der Waals surface area (Å²) in [6.45, 7) is 11.0. The lowest BCUT2D eigenvalue weighted by molar-refractivity contribution is -0.122. The Bertz CT molecular complexity index is 1310. The third kappa shape index (κ3) is 4.97. The van der Waals surface area contributed by atoms with Crippen molar-refractivity contribution in [2.24, 2.45) is 0 Å². The second-order valence-corrected chi connectivity index (χ2v) is 17.7. The van der Waals surface area contributed by atoms with Crippen molar-refractivity contribution >= 4 is 30.6 Å².